The van der Waals surface area contributed by atoms with Gasteiger partial charge in [0.25, 0.3) is 0 Å². The number of carbonyl (C=O) groups excluding carboxylic acids is 2. The van der Waals surface area contributed by atoms with Crippen LogP contribution in [0.15, 0.2) is 0 Å². The van der Waals surface area contributed by atoms with Gasteiger partial charge in [-0.05, 0) is 53.4 Å². The van der Waals surface area contributed by atoms with Crippen molar-refractivity contribution in [2.75, 3.05) is 13.2 Å². The van der Waals surface area contributed by atoms with Crippen LogP contribution in [0.5, 0.6) is 0 Å². The van der Waals surface area contributed by atoms with E-state index in [-0.39, 0.29) is 23.5 Å². The van der Waals surface area contributed by atoms with E-state index in [2.05, 4.69) is 0 Å². The summed E-state index contributed by atoms with van der Waals surface area (Å²) in [6, 6.07) is 0. The van der Waals surface area contributed by atoms with E-state index in [4.69, 9.17) is 9.47 Å². The quantitative estimate of drug-likeness (QED) is 0.731. The Hall–Kier alpha value is -1.26. The standard InChI is InChI=1S/C15H25NO4/c1-5-19-12(17)11-6-7-15(8-9-15)16(10-11)13(18)20-14(2,3)4/h11H,5-10H2,1-4H3. The molecule has 0 aromatic carbocycles. The minimum atomic E-state index is -0.510. The highest BCUT2D eigenvalue weighted by Crippen LogP contribution is 2.50. The number of hydrogen-bond acceptors (Lipinski definition) is 4. The Bertz CT molecular complexity index is 395. The van der Waals surface area contributed by atoms with E-state index in [0.717, 1.165) is 25.7 Å². The third-order valence-corrected chi connectivity index (χ3v) is 3.99. The molecule has 20 heavy (non-hydrogen) atoms. The summed E-state index contributed by atoms with van der Waals surface area (Å²) >= 11 is 0. The van der Waals surface area contributed by atoms with Gasteiger partial charge in [0.15, 0.2) is 0 Å². The lowest BCUT2D eigenvalue weighted by molar-refractivity contribution is -0.150. The van der Waals surface area contributed by atoms with Crippen LogP contribution in [0.1, 0.15) is 53.4 Å². The molecule has 1 spiro atoms. The van der Waals surface area contributed by atoms with E-state index >= 15 is 0 Å². The first-order chi connectivity index (χ1) is 9.27. The lowest BCUT2D eigenvalue weighted by Crippen LogP contribution is -2.52. The van der Waals surface area contributed by atoms with Crippen molar-refractivity contribution in [2.24, 2.45) is 5.92 Å². The van der Waals surface area contributed by atoms with Crippen LogP contribution < -0.4 is 0 Å². The molecule has 5 nitrogen and oxygen atoms in total. The lowest BCUT2D eigenvalue weighted by atomic mass is 9.91. The molecule has 0 radical (unpaired) electrons. The topological polar surface area (TPSA) is 55.8 Å². The highest BCUT2D eigenvalue weighted by atomic mass is 16.6. The first-order valence-electron chi connectivity index (χ1n) is 7.45. The van der Waals surface area contributed by atoms with Gasteiger partial charge in [-0.25, -0.2) is 4.79 Å². The zero-order valence-electron chi connectivity index (χ0n) is 12.9. The summed E-state index contributed by atoms with van der Waals surface area (Å²) in [6.45, 7) is 8.18. The smallest absolute Gasteiger partial charge is 0.410 e. The summed E-state index contributed by atoms with van der Waals surface area (Å²) in [5, 5.41) is 0. The van der Waals surface area contributed by atoms with Gasteiger partial charge in [0, 0.05) is 12.1 Å². The Kier molecular flexibility index (Phi) is 3.98. The molecule has 1 aliphatic carbocycles. The van der Waals surface area contributed by atoms with Crippen molar-refractivity contribution >= 4 is 12.1 Å². The van der Waals surface area contributed by atoms with Crippen LogP contribution >= 0.6 is 0 Å². The molecule has 1 atom stereocenters. The summed E-state index contributed by atoms with van der Waals surface area (Å²) < 4.78 is 10.6. The number of hydrogen-bond donors (Lipinski definition) is 0. The second-order valence-corrected chi connectivity index (χ2v) is 6.80. The van der Waals surface area contributed by atoms with Crippen molar-refractivity contribution in [2.45, 2.75) is 64.5 Å². The SMILES string of the molecule is CCOC(=O)C1CCC2(CC2)N(C(=O)OC(C)(C)C)C1. The molecule has 0 aromatic rings. The van der Waals surface area contributed by atoms with E-state index in [1.165, 1.54) is 0 Å². The number of nitrogens with zero attached hydrogens (tertiary/aromatic N) is 1. The van der Waals surface area contributed by atoms with E-state index in [1.54, 1.807) is 11.8 Å². The monoisotopic (exact) mass is 283 g/mol. The zero-order valence-corrected chi connectivity index (χ0v) is 12.9. The summed E-state index contributed by atoms with van der Waals surface area (Å²) in [5.41, 5.74) is -0.560. The Morgan fingerprint density at radius 3 is 2.40 bits per heavy atom. The van der Waals surface area contributed by atoms with Crippen molar-refractivity contribution in [3.63, 3.8) is 0 Å². The Labute approximate surface area is 120 Å². The van der Waals surface area contributed by atoms with Crippen LogP contribution in [-0.2, 0) is 14.3 Å². The summed E-state index contributed by atoms with van der Waals surface area (Å²) in [6.07, 6.45) is 3.40. The van der Waals surface area contributed by atoms with Gasteiger partial charge in [-0.3, -0.25) is 4.79 Å². The average Bonchev–Trinajstić information content (AvgIpc) is 3.08. The number of likely N-dealkylation sites (tertiary alicyclic amines) is 1. The van der Waals surface area contributed by atoms with Crippen molar-refractivity contribution in [3.8, 4) is 0 Å². The fraction of sp³-hybridized carbons (Fsp3) is 0.867. The summed E-state index contributed by atoms with van der Waals surface area (Å²) in [7, 11) is 0. The van der Waals surface area contributed by atoms with Crippen LogP contribution in [-0.4, -0.2) is 41.3 Å². The maximum Gasteiger partial charge on any atom is 0.410 e. The number of esters is 1. The molecule has 1 heterocycles. The van der Waals surface area contributed by atoms with Crippen LogP contribution in [0.4, 0.5) is 4.79 Å². The third kappa shape index (κ3) is 3.25. The summed E-state index contributed by atoms with van der Waals surface area (Å²) in [5.74, 6) is -0.412. The second kappa shape index (κ2) is 5.26. The number of carbonyl (C=O) groups is 2. The minimum absolute atomic E-state index is 0.0503. The molecular formula is C15H25NO4. The summed E-state index contributed by atoms with van der Waals surface area (Å²) in [4.78, 5) is 26.0. The van der Waals surface area contributed by atoms with Crippen LogP contribution in [0.3, 0.4) is 0 Å². The molecule has 0 N–H and O–H groups in total. The molecule has 1 aliphatic heterocycles. The van der Waals surface area contributed by atoms with Crippen LogP contribution in [0.25, 0.3) is 0 Å². The van der Waals surface area contributed by atoms with Gasteiger partial charge in [-0.15, -0.1) is 0 Å². The predicted octanol–water partition coefficient (Wildman–Crippen LogP) is 2.73. The molecule has 0 aromatic heterocycles. The zero-order chi connectivity index (χ0) is 15.0. The second-order valence-electron chi connectivity index (χ2n) is 6.80. The number of ether oxygens (including phenoxy) is 2. The fourth-order valence-corrected chi connectivity index (χ4v) is 2.79. The fourth-order valence-electron chi connectivity index (χ4n) is 2.79. The molecule has 5 heteroatoms. The molecule has 2 rings (SSSR count). The maximum absolute atomic E-state index is 12.3. The molecule has 1 saturated heterocycles. The van der Waals surface area contributed by atoms with E-state index in [9.17, 15) is 9.59 Å². The highest BCUT2D eigenvalue weighted by molar-refractivity contribution is 5.76. The molecule has 2 fully saturated rings. The van der Waals surface area contributed by atoms with Gasteiger partial charge >= 0.3 is 12.1 Å². The maximum atomic E-state index is 12.3. The first kappa shape index (κ1) is 15.1. The van der Waals surface area contributed by atoms with Crippen molar-refractivity contribution < 1.29 is 19.1 Å². The molecule has 1 amide bonds. The predicted molar refractivity (Wildman–Crippen MR) is 74.3 cm³/mol. The molecule has 2 aliphatic rings. The van der Waals surface area contributed by atoms with Crippen LogP contribution in [0.2, 0.25) is 0 Å². The van der Waals surface area contributed by atoms with Crippen molar-refractivity contribution in [1.82, 2.24) is 4.90 Å². The molecular weight excluding hydrogens is 258 g/mol. The molecule has 0 bridgehead atoms. The number of piperidine rings is 1. The van der Waals surface area contributed by atoms with Gasteiger partial charge < -0.3 is 14.4 Å². The van der Waals surface area contributed by atoms with Crippen molar-refractivity contribution in [3.05, 3.63) is 0 Å². The Morgan fingerprint density at radius 2 is 1.90 bits per heavy atom. The molecule has 1 unspecified atom stereocenters. The highest BCUT2D eigenvalue weighted by Gasteiger charge is 2.54. The van der Waals surface area contributed by atoms with Gasteiger partial charge in [-0.1, -0.05) is 0 Å². The van der Waals surface area contributed by atoms with E-state index in [1.807, 2.05) is 20.8 Å². The lowest BCUT2D eigenvalue weighted by Gasteiger charge is -2.39. The van der Waals surface area contributed by atoms with E-state index < -0.39 is 5.60 Å². The Balaban J connectivity index is 2.04. The van der Waals surface area contributed by atoms with Gasteiger partial charge in [0.2, 0.25) is 0 Å². The molecule has 1 saturated carbocycles. The largest absolute Gasteiger partial charge is 0.466 e. The Morgan fingerprint density at radius 1 is 1.25 bits per heavy atom. The number of rotatable bonds is 2. The van der Waals surface area contributed by atoms with Gasteiger partial charge in [0.1, 0.15) is 5.60 Å². The first-order valence-corrected chi connectivity index (χ1v) is 7.45. The third-order valence-electron chi connectivity index (χ3n) is 3.99. The average molecular weight is 283 g/mol. The van der Waals surface area contributed by atoms with Gasteiger partial charge in [-0.2, -0.15) is 0 Å². The molecule has 114 valence electrons. The van der Waals surface area contributed by atoms with Gasteiger partial charge in [0.05, 0.1) is 12.5 Å². The normalized spacial score (nSPS) is 24.4. The number of amides is 1. The van der Waals surface area contributed by atoms with E-state index in [0.29, 0.717) is 13.2 Å². The van der Waals surface area contributed by atoms with Crippen LogP contribution in [0, 0.1) is 5.92 Å². The van der Waals surface area contributed by atoms with Crippen molar-refractivity contribution in [1.29, 1.82) is 0 Å². The minimum Gasteiger partial charge on any atom is -0.466 e.